The molecule has 33 heavy (non-hydrogen) atoms. The van der Waals surface area contributed by atoms with Crippen LogP contribution in [0.4, 0.5) is 0 Å². The van der Waals surface area contributed by atoms with Crippen LogP contribution < -0.4 is 20.7 Å². The van der Waals surface area contributed by atoms with Crippen LogP contribution >= 0.6 is 0 Å². The third kappa shape index (κ3) is 7.71. The highest BCUT2D eigenvalue weighted by atomic mass is 16.5. The number of fused-ring (bicyclic) bond motifs is 1. The van der Waals surface area contributed by atoms with Gasteiger partial charge in [0.25, 0.3) is 0 Å². The van der Waals surface area contributed by atoms with Crippen molar-refractivity contribution in [1.82, 2.24) is 20.9 Å². The van der Waals surface area contributed by atoms with Gasteiger partial charge in [-0.25, -0.2) is 0 Å². The number of carbonyl (C=O) groups is 3. The van der Waals surface area contributed by atoms with E-state index in [9.17, 15) is 19.5 Å². The van der Waals surface area contributed by atoms with Crippen LogP contribution in [0.3, 0.4) is 0 Å². The molecule has 1 aliphatic rings. The lowest BCUT2D eigenvalue weighted by Crippen LogP contribution is -2.59. The van der Waals surface area contributed by atoms with Gasteiger partial charge < -0.3 is 30.7 Å². The minimum atomic E-state index is -1.11. The van der Waals surface area contributed by atoms with E-state index in [4.69, 9.17) is 4.74 Å². The van der Waals surface area contributed by atoms with Crippen LogP contribution in [0.2, 0.25) is 0 Å². The zero-order valence-corrected chi connectivity index (χ0v) is 20.1. The molecule has 4 atom stereocenters. The van der Waals surface area contributed by atoms with Gasteiger partial charge in [-0.15, -0.1) is 0 Å². The van der Waals surface area contributed by atoms with Crippen LogP contribution in [0.1, 0.15) is 39.2 Å². The second-order valence-electron chi connectivity index (χ2n) is 8.58. The number of rotatable bonds is 3. The lowest BCUT2D eigenvalue weighted by molar-refractivity contribution is -0.145. The Bertz CT molecular complexity index is 801. The Labute approximate surface area is 196 Å². The number of para-hydroxylation sites is 1. The number of carbonyl (C=O) groups excluding carboxylic acids is 3. The van der Waals surface area contributed by atoms with Crippen molar-refractivity contribution >= 4 is 17.7 Å². The maximum Gasteiger partial charge on any atom is 0.245 e. The molecule has 1 aromatic rings. The van der Waals surface area contributed by atoms with E-state index in [-0.39, 0.29) is 24.3 Å². The monoisotopic (exact) mass is 462 g/mol. The Morgan fingerprint density at radius 1 is 1.15 bits per heavy atom. The van der Waals surface area contributed by atoms with Crippen molar-refractivity contribution in [1.29, 1.82) is 0 Å². The molecule has 1 aliphatic heterocycles. The fourth-order valence-corrected chi connectivity index (χ4v) is 3.91. The van der Waals surface area contributed by atoms with Gasteiger partial charge in [0.2, 0.25) is 17.7 Å². The second kappa shape index (κ2) is 13.2. The number of hydrogen-bond acceptors (Lipinski definition) is 6. The van der Waals surface area contributed by atoms with E-state index in [1.54, 1.807) is 0 Å². The van der Waals surface area contributed by atoms with Crippen molar-refractivity contribution in [3.05, 3.63) is 29.8 Å². The summed E-state index contributed by atoms with van der Waals surface area (Å²) in [7, 11) is 1.50. The van der Waals surface area contributed by atoms with Gasteiger partial charge in [-0.3, -0.25) is 14.4 Å². The number of benzene rings is 1. The molecule has 2 rings (SSSR count). The van der Waals surface area contributed by atoms with Crippen molar-refractivity contribution in [2.75, 3.05) is 33.3 Å². The Hall–Kier alpha value is -2.65. The molecule has 1 aromatic carbocycles. The first-order chi connectivity index (χ1) is 15.8. The lowest BCUT2D eigenvalue weighted by Gasteiger charge is -2.34. The number of amides is 3. The molecule has 4 unspecified atom stereocenters. The average molecular weight is 463 g/mol. The third-order valence-corrected chi connectivity index (χ3v) is 6.03. The molecule has 0 fully saturated rings. The molecule has 184 valence electrons. The number of likely N-dealkylation sites (N-methyl/N-ethyl adjacent to an activating group) is 1. The third-order valence-electron chi connectivity index (χ3n) is 6.03. The van der Waals surface area contributed by atoms with E-state index < -0.39 is 24.1 Å². The summed E-state index contributed by atoms with van der Waals surface area (Å²) in [6, 6.07) is 6.13. The smallest absolute Gasteiger partial charge is 0.245 e. The Morgan fingerprint density at radius 2 is 1.88 bits per heavy atom. The minimum absolute atomic E-state index is 0.00122. The molecule has 0 saturated heterocycles. The Morgan fingerprint density at radius 3 is 2.58 bits per heavy atom. The Kier molecular flexibility index (Phi) is 10.6. The average Bonchev–Trinajstić information content (AvgIpc) is 2.79. The first-order valence-electron chi connectivity index (χ1n) is 11.7. The molecular formula is C24H38N4O5. The highest BCUT2D eigenvalue weighted by molar-refractivity contribution is 5.92. The van der Waals surface area contributed by atoms with Crippen molar-refractivity contribution < 1.29 is 24.2 Å². The van der Waals surface area contributed by atoms with Crippen molar-refractivity contribution in [2.45, 2.75) is 58.2 Å². The van der Waals surface area contributed by atoms with Crippen LogP contribution in [-0.2, 0) is 20.8 Å². The van der Waals surface area contributed by atoms with Gasteiger partial charge in [0.1, 0.15) is 18.4 Å². The first kappa shape index (κ1) is 26.6. The van der Waals surface area contributed by atoms with Gasteiger partial charge in [-0.05, 0) is 37.3 Å². The molecule has 0 aromatic heterocycles. The molecule has 9 heteroatoms. The number of aliphatic hydroxyl groups excluding tert-OH is 1. The summed E-state index contributed by atoms with van der Waals surface area (Å²) >= 11 is 0. The zero-order chi connectivity index (χ0) is 24.4. The van der Waals surface area contributed by atoms with Crippen molar-refractivity contribution in [3.8, 4) is 5.75 Å². The van der Waals surface area contributed by atoms with Crippen molar-refractivity contribution in [2.24, 2.45) is 5.92 Å². The first-order valence-corrected chi connectivity index (χ1v) is 11.7. The number of ether oxygens (including phenoxy) is 1. The van der Waals surface area contributed by atoms with Crippen LogP contribution in [0.25, 0.3) is 0 Å². The molecule has 0 spiro atoms. The van der Waals surface area contributed by atoms with Gasteiger partial charge in [-0.2, -0.15) is 0 Å². The number of nitrogens with zero attached hydrogens (tertiary/aromatic N) is 1. The molecule has 0 aliphatic carbocycles. The van der Waals surface area contributed by atoms with Gasteiger partial charge in [-0.1, -0.05) is 38.5 Å². The highest BCUT2D eigenvalue weighted by Gasteiger charge is 2.35. The predicted molar refractivity (Wildman–Crippen MR) is 126 cm³/mol. The quantitative estimate of drug-likeness (QED) is 0.518. The topological polar surface area (TPSA) is 120 Å². The zero-order valence-electron chi connectivity index (χ0n) is 20.1. The SMILES string of the molecule is CCC(C)C1NCCOc2ccccc2CCCNC(=O)CNC(=O)C(C(C)O)N(C)C1=O. The van der Waals surface area contributed by atoms with Crippen LogP contribution in [-0.4, -0.2) is 79.2 Å². The molecule has 3 amide bonds. The summed E-state index contributed by atoms with van der Waals surface area (Å²) in [6.07, 6.45) is 1.11. The van der Waals surface area contributed by atoms with E-state index >= 15 is 0 Å². The van der Waals surface area contributed by atoms with E-state index in [1.807, 2.05) is 38.1 Å². The summed E-state index contributed by atoms with van der Waals surface area (Å²) in [4.78, 5) is 39.5. The largest absolute Gasteiger partial charge is 0.492 e. The van der Waals surface area contributed by atoms with E-state index in [1.165, 1.54) is 18.9 Å². The molecular weight excluding hydrogens is 424 g/mol. The van der Waals surface area contributed by atoms with Crippen LogP contribution in [0.15, 0.2) is 24.3 Å². The second-order valence-corrected chi connectivity index (χ2v) is 8.58. The summed E-state index contributed by atoms with van der Waals surface area (Å²) in [5.41, 5.74) is 1.05. The minimum Gasteiger partial charge on any atom is -0.492 e. The van der Waals surface area contributed by atoms with Gasteiger partial charge in [0.05, 0.1) is 18.7 Å². The molecule has 4 N–H and O–H groups in total. The maximum absolute atomic E-state index is 13.3. The number of nitrogens with one attached hydrogen (secondary N) is 3. The molecule has 0 saturated carbocycles. The summed E-state index contributed by atoms with van der Waals surface area (Å²) in [5, 5.41) is 18.8. The van der Waals surface area contributed by atoms with E-state index in [2.05, 4.69) is 16.0 Å². The van der Waals surface area contributed by atoms with Crippen molar-refractivity contribution in [3.63, 3.8) is 0 Å². The van der Waals surface area contributed by atoms with Gasteiger partial charge >= 0.3 is 0 Å². The summed E-state index contributed by atoms with van der Waals surface area (Å²) in [6.45, 7) is 6.47. The molecule has 0 radical (unpaired) electrons. The van der Waals surface area contributed by atoms with Gasteiger partial charge in [0, 0.05) is 20.1 Å². The van der Waals surface area contributed by atoms with E-state index in [0.717, 1.165) is 30.6 Å². The fraction of sp³-hybridized carbons (Fsp3) is 0.625. The number of aryl methyl sites for hydroxylation is 1. The summed E-state index contributed by atoms with van der Waals surface area (Å²) < 4.78 is 5.98. The maximum atomic E-state index is 13.3. The predicted octanol–water partition coefficient (Wildman–Crippen LogP) is 0.456. The van der Waals surface area contributed by atoms with Crippen LogP contribution in [0.5, 0.6) is 5.75 Å². The normalized spacial score (nSPS) is 23.8. The standard InChI is InChI=1S/C24H38N4O5/c1-5-16(2)21-24(32)28(4)22(17(3)29)23(31)27-15-20(30)25-12-8-10-18-9-6-7-11-19(18)33-14-13-26-21/h6-7,9,11,16-17,21-22,26,29H,5,8,10,12-15H2,1-4H3,(H,25,30)(H,27,31). The lowest BCUT2D eigenvalue weighted by atomic mass is 9.96. The van der Waals surface area contributed by atoms with Crippen LogP contribution in [0, 0.1) is 5.92 Å². The molecule has 9 nitrogen and oxygen atoms in total. The number of aliphatic hydroxyl groups is 1. The summed E-state index contributed by atoms with van der Waals surface area (Å²) in [5.74, 6) is -0.404. The molecule has 0 bridgehead atoms. The Balaban J connectivity index is 2.24. The number of hydrogen-bond donors (Lipinski definition) is 4. The fourth-order valence-electron chi connectivity index (χ4n) is 3.91. The highest BCUT2D eigenvalue weighted by Crippen LogP contribution is 2.19. The van der Waals surface area contributed by atoms with Gasteiger partial charge in [0.15, 0.2) is 0 Å². The van der Waals surface area contributed by atoms with E-state index in [0.29, 0.717) is 19.7 Å². The molecule has 1 heterocycles.